The van der Waals surface area contributed by atoms with Crippen LogP contribution in [0.5, 0.6) is 0 Å². The van der Waals surface area contributed by atoms with Gasteiger partial charge in [0.05, 0.1) is 5.69 Å². The summed E-state index contributed by atoms with van der Waals surface area (Å²) < 4.78 is 64.5. The molecule has 2 atom stereocenters. The van der Waals surface area contributed by atoms with Crippen LogP contribution in [0.15, 0.2) is 65.8 Å². The third-order valence-corrected chi connectivity index (χ3v) is 8.40. The van der Waals surface area contributed by atoms with Crippen molar-refractivity contribution in [3.05, 3.63) is 77.6 Å². The molecule has 3 aromatic rings. The molecule has 0 saturated carbocycles. The summed E-state index contributed by atoms with van der Waals surface area (Å²) in [5.41, 5.74) is 1.81. The maximum atomic E-state index is 13.0. The average Bonchev–Trinajstić information content (AvgIpc) is 3.29. The van der Waals surface area contributed by atoms with E-state index >= 15 is 0 Å². The highest BCUT2D eigenvalue weighted by Crippen LogP contribution is 2.31. The van der Waals surface area contributed by atoms with Gasteiger partial charge in [0.25, 0.3) is 0 Å². The fourth-order valence-corrected chi connectivity index (χ4v) is 5.30. The number of hydrogen-bond acceptors (Lipinski definition) is 8. The van der Waals surface area contributed by atoms with Crippen LogP contribution in [-0.4, -0.2) is 77.9 Å². The Bertz CT molecular complexity index is 1640. The second-order valence-corrected chi connectivity index (χ2v) is 11.9. The van der Waals surface area contributed by atoms with E-state index in [1.54, 1.807) is 29.3 Å². The zero-order valence-corrected chi connectivity index (χ0v) is 23.6. The first kappa shape index (κ1) is 30.9. The second-order valence-electron chi connectivity index (χ2n) is 9.95. The molecule has 2 aromatic carbocycles. The molecule has 0 spiro atoms. The predicted molar refractivity (Wildman–Crippen MR) is 152 cm³/mol. The van der Waals surface area contributed by atoms with Gasteiger partial charge in [0.15, 0.2) is 0 Å². The van der Waals surface area contributed by atoms with Crippen LogP contribution in [-0.2, 0) is 23.0 Å². The van der Waals surface area contributed by atoms with Crippen LogP contribution in [0.25, 0.3) is 10.9 Å². The lowest BCUT2D eigenvalue weighted by Crippen LogP contribution is -2.44. The Morgan fingerprint density at radius 1 is 1.19 bits per heavy atom. The SMILES string of the molecule is CC(Cc1ccc2c(c1)cc(C(=O)O)n2Cc1cccc(N(C)S(=O)(=O)C(F)(F)F)c1)NCC(O)N1C=CC(N)=NC1. The van der Waals surface area contributed by atoms with Gasteiger partial charge in [-0.25, -0.2) is 9.79 Å². The molecule has 0 saturated heterocycles. The standard InChI is InChI=1S/C27H31F3N6O5S/c1-17(32-14-25(37)35-9-8-24(31)33-16-35)10-18-6-7-22-20(11-18)13-23(26(38)39)36(22)15-19-4-3-5-21(12-19)34(2)42(40,41)27(28,29)30/h3-9,11-13,17,25,32,37H,10,14-16H2,1-2H3,(H2,31,33)(H,38,39). The number of aromatic carboxylic acids is 1. The van der Waals surface area contributed by atoms with Gasteiger partial charge in [-0.2, -0.15) is 21.6 Å². The Labute approximate surface area is 240 Å². The molecule has 1 aliphatic heterocycles. The summed E-state index contributed by atoms with van der Waals surface area (Å²) in [4.78, 5) is 17.8. The normalized spacial score (nSPS) is 15.5. The summed E-state index contributed by atoms with van der Waals surface area (Å²) in [7, 11) is -4.79. The Morgan fingerprint density at radius 3 is 2.57 bits per heavy atom. The summed E-state index contributed by atoms with van der Waals surface area (Å²) in [5.74, 6) is -0.796. The minimum Gasteiger partial charge on any atom is -0.477 e. The smallest absolute Gasteiger partial charge is 0.477 e. The molecule has 0 amide bonds. The van der Waals surface area contributed by atoms with E-state index in [-0.39, 0.29) is 41.5 Å². The first-order chi connectivity index (χ1) is 19.7. The van der Waals surface area contributed by atoms with Crippen molar-refractivity contribution in [3.8, 4) is 0 Å². The first-order valence-corrected chi connectivity index (χ1v) is 14.3. The van der Waals surface area contributed by atoms with Crippen LogP contribution < -0.4 is 15.4 Å². The number of sulfonamides is 1. The fraction of sp³-hybridized carbons (Fsp3) is 0.333. The van der Waals surface area contributed by atoms with Crippen molar-refractivity contribution in [1.29, 1.82) is 0 Å². The summed E-state index contributed by atoms with van der Waals surface area (Å²) >= 11 is 0. The van der Waals surface area contributed by atoms with Gasteiger partial charge in [-0.05, 0) is 60.9 Å². The number of fused-ring (bicyclic) bond motifs is 1. The molecule has 0 fully saturated rings. The number of aliphatic hydroxyl groups excluding tert-OH is 1. The van der Waals surface area contributed by atoms with Crippen molar-refractivity contribution in [2.24, 2.45) is 10.7 Å². The largest absolute Gasteiger partial charge is 0.516 e. The third-order valence-electron chi connectivity index (χ3n) is 6.88. The van der Waals surface area contributed by atoms with Crippen LogP contribution in [0.2, 0.25) is 0 Å². The van der Waals surface area contributed by atoms with E-state index in [2.05, 4.69) is 10.3 Å². The summed E-state index contributed by atoms with van der Waals surface area (Å²) in [5, 5.41) is 24.2. The van der Waals surface area contributed by atoms with Gasteiger partial charge in [0.1, 0.15) is 24.4 Å². The minimum absolute atomic E-state index is 0.0191. The number of carboxylic acid groups (broad SMARTS) is 1. The van der Waals surface area contributed by atoms with Crippen LogP contribution in [0.3, 0.4) is 0 Å². The van der Waals surface area contributed by atoms with E-state index in [4.69, 9.17) is 5.73 Å². The van der Waals surface area contributed by atoms with E-state index in [0.717, 1.165) is 12.6 Å². The maximum Gasteiger partial charge on any atom is 0.516 e. The molecule has 0 aliphatic carbocycles. The van der Waals surface area contributed by atoms with Gasteiger partial charge >= 0.3 is 21.5 Å². The maximum absolute atomic E-state index is 13.0. The number of nitrogens with one attached hydrogen (secondary N) is 1. The third kappa shape index (κ3) is 6.69. The number of aliphatic hydroxyl groups is 1. The molecular formula is C27H31F3N6O5S. The Kier molecular flexibility index (Phi) is 8.84. The van der Waals surface area contributed by atoms with E-state index in [1.165, 1.54) is 28.8 Å². The molecule has 1 aromatic heterocycles. The lowest BCUT2D eigenvalue weighted by molar-refractivity contribution is -0.0437. The van der Waals surface area contributed by atoms with E-state index in [0.29, 0.717) is 28.7 Å². The van der Waals surface area contributed by atoms with E-state index in [1.807, 2.05) is 19.1 Å². The number of carbonyl (C=O) groups is 1. The second kappa shape index (κ2) is 12.0. The number of halogens is 3. The number of amidine groups is 1. The molecule has 4 rings (SSSR count). The van der Waals surface area contributed by atoms with Crippen molar-refractivity contribution in [2.75, 3.05) is 24.6 Å². The van der Waals surface area contributed by atoms with Crippen molar-refractivity contribution < 1.29 is 36.6 Å². The number of rotatable bonds is 11. The fourth-order valence-electron chi connectivity index (χ4n) is 4.60. The molecular weight excluding hydrogens is 577 g/mol. The Balaban J connectivity index is 1.50. The number of benzene rings is 2. The van der Waals surface area contributed by atoms with Crippen LogP contribution in [0.4, 0.5) is 18.9 Å². The molecule has 0 radical (unpaired) electrons. The monoisotopic (exact) mass is 608 g/mol. The van der Waals surface area contributed by atoms with Gasteiger partial charge in [0, 0.05) is 43.3 Å². The highest BCUT2D eigenvalue weighted by Gasteiger charge is 2.49. The van der Waals surface area contributed by atoms with Gasteiger partial charge in [0.2, 0.25) is 0 Å². The molecule has 5 N–H and O–H groups in total. The molecule has 2 unspecified atom stereocenters. The van der Waals surface area contributed by atoms with Gasteiger partial charge < -0.3 is 30.7 Å². The lowest BCUT2D eigenvalue weighted by Gasteiger charge is -2.28. The van der Waals surface area contributed by atoms with Gasteiger partial charge in [-0.3, -0.25) is 4.31 Å². The van der Waals surface area contributed by atoms with Crippen LogP contribution in [0.1, 0.15) is 28.5 Å². The molecule has 2 heterocycles. The number of aliphatic imine (C=N–C) groups is 1. The number of aromatic nitrogens is 1. The van der Waals surface area contributed by atoms with Crippen molar-refractivity contribution >= 4 is 38.4 Å². The number of alkyl halides is 3. The topological polar surface area (TPSA) is 153 Å². The Morgan fingerprint density at radius 2 is 1.93 bits per heavy atom. The summed E-state index contributed by atoms with van der Waals surface area (Å²) in [6, 6.07) is 12.4. The molecule has 226 valence electrons. The molecule has 1 aliphatic rings. The molecule has 11 nitrogen and oxygen atoms in total. The number of carboxylic acids is 1. The van der Waals surface area contributed by atoms with Crippen molar-refractivity contribution in [3.63, 3.8) is 0 Å². The van der Waals surface area contributed by atoms with E-state index in [9.17, 15) is 36.6 Å². The molecule has 15 heteroatoms. The van der Waals surface area contributed by atoms with Crippen LogP contribution in [0, 0.1) is 0 Å². The zero-order valence-electron chi connectivity index (χ0n) is 22.8. The molecule has 42 heavy (non-hydrogen) atoms. The highest BCUT2D eigenvalue weighted by atomic mass is 32.2. The summed E-state index contributed by atoms with van der Waals surface area (Å²) in [6.45, 7) is 2.47. The first-order valence-electron chi connectivity index (χ1n) is 12.8. The van der Waals surface area contributed by atoms with Crippen LogP contribution >= 0.6 is 0 Å². The highest BCUT2D eigenvalue weighted by molar-refractivity contribution is 7.93. The number of hydrogen-bond donors (Lipinski definition) is 4. The van der Waals surface area contributed by atoms with Crippen molar-refractivity contribution in [2.45, 2.75) is 37.7 Å². The minimum atomic E-state index is -5.60. The van der Waals surface area contributed by atoms with Gasteiger partial charge in [-0.15, -0.1) is 0 Å². The summed E-state index contributed by atoms with van der Waals surface area (Å²) in [6.07, 6.45) is 3.06. The Hall–Kier alpha value is -4.08. The number of anilines is 1. The van der Waals surface area contributed by atoms with Gasteiger partial charge in [-0.1, -0.05) is 18.2 Å². The zero-order chi connectivity index (χ0) is 30.8. The predicted octanol–water partition coefficient (Wildman–Crippen LogP) is 2.66. The molecule has 0 bridgehead atoms. The van der Waals surface area contributed by atoms with Crippen molar-refractivity contribution in [1.82, 2.24) is 14.8 Å². The number of nitrogens with zero attached hydrogens (tertiary/aromatic N) is 4. The van der Waals surface area contributed by atoms with E-state index < -0.39 is 27.7 Å². The lowest BCUT2D eigenvalue weighted by atomic mass is 10.1. The number of nitrogens with two attached hydrogens (primary N) is 1. The quantitative estimate of drug-likeness (QED) is 0.259. The average molecular weight is 609 g/mol.